The average molecular weight is 390 g/mol. The van der Waals surface area contributed by atoms with Crippen molar-refractivity contribution in [2.45, 2.75) is 24.8 Å². The Morgan fingerprint density at radius 3 is 2.46 bits per heavy atom. The highest BCUT2D eigenvalue weighted by Crippen LogP contribution is 2.44. The zero-order valence-electron chi connectivity index (χ0n) is 15.1. The molecule has 1 aliphatic heterocycles. The minimum Gasteiger partial charge on any atom is -0.372 e. The van der Waals surface area contributed by atoms with Crippen LogP contribution in [0, 0.1) is 5.82 Å². The summed E-state index contributed by atoms with van der Waals surface area (Å²) in [7, 11) is 0. The number of allylic oxidation sites excluding steroid dienone is 1. The van der Waals surface area contributed by atoms with Crippen molar-refractivity contribution in [1.29, 1.82) is 0 Å². The van der Waals surface area contributed by atoms with Crippen LogP contribution in [0.1, 0.15) is 35.2 Å². The first kappa shape index (κ1) is 17.2. The molecule has 2 aliphatic rings. The van der Waals surface area contributed by atoms with Crippen molar-refractivity contribution in [3.05, 3.63) is 93.6 Å². The number of carbonyl (C=O) groups excluding carboxylic acids is 1. The number of nitrogens with one attached hydrogen (secondary N) is 2. The number of hydrogen-bond donors (Lipinski definition) is 2. The van der Waals surface area contributed by atoms with Crippen molar-refractivity contribution in [3.63, 3.8) is 0 Å². The van der Waals surface area contributed by atoms with Crippen molar-refractivity contribution in [2.24, 2.45) is 0 Å². The molecule has 2 aromatic carbocycles. The largest absolute Gasteiger partial charge is 0.372 e. The molecule has 0 unspecified atom stereocenters. The van der Waals surface area contributed by atoms with Gasteiger partial charge in [-0.15, -0.1) is 11.3 Å². The molecule has 5 rings (SSSR count). The van der Waals surface area contributed by atoms with E-state index >= 15 is 0 Å². The third-order valence-corrected chi connectivity index (χ3v) is 6.49. The lowest BCUT2D eigenvalue weighted by molar-refractivity contribution is -0.116. The van der Waals surface area contributed by atoms with Gasteiger partial charge in [0.1, 0.15) is 5.82 Å². The van der Waals surface area contributed by atoms with E-state index in [1.807, 2.05) is 30.3 Å². The Labute approximate surface area is 166 Å². The van der Waals surface area contributed by atoms with Crippen LogP contribution in [0.4, 0.5) is 15.8 Å². The van der Waals surface area contributed by atoms with Gasteiger partial charge in [-0.2, -0.15) is 0 Å². The van der Waals surface area contributed by atoms with E-state index in [9.17, 15) is 9.18 Å². The van der Waals surface area contributed by atoms with Gasteiger partial charge in [-0.25, -0.2) is 4.39 Å². The lowest BCUT2D eigenvalue weighted by Crippen LogP contribution is -2.26. The fourth-order valence-electron chi connectivity index (χ4n) is 4.12. The summed E-state index contributed by atoms with van der Waals surface area (Å²) in [6, 6.07) is 18.2. The van der Waals surface area contributed by atoms with Gasteiger partial charge >= 0.3 is 0 Å². The Morgan fingerprint density at radius 1 is 0.929 bits per heavy atom. The monoisotopic (exact) mass is 390 g/mol. The van der Waals surface area contributed by atoms with E-state index in [4.69, 9.17) is 0 Å². The maximum Gasteiger partial charge on any atom is 0.163 e. The fourth-order valence-corrected chi connectivity index (χ4v) is 4.95. The molecule has 1 aromatic heterocycles. The summed E-state index contributed by atoms with van der Waals surface area (Å²) in [5.41, 5.74) is 4.50. The molecule has 0 radical (unpaired) electrons. The summed E-state index contributed by atoms with van der Waals surface area (Å²) >= 11 is 1.70. The standard InChI is InChI=1S/C23H19FN2OS/c24-16-9-7-14(8-10-16)23-22-19(25-17-4-1-2-5-18(17)26-23)12-15(13-20(22)27)21-6-3-11-28-21/h1-11,15,23,25-26H,12-13H2/t15-,23-/m1/s1. The molecule has 0 bridgehead atoms. The predicted molar refractivity (Wildman–Crippen MR) is 111 cm³/mol. The molecule has 0 fully saturated rings. The lowest BCUT2D eigenvalue weighted by atomic mass is 9.81. The van der Waals surface area contributed by atoms with Crippen LogP contribution in [0.5, 0.6) is 0 Å². The van der Waals surface area contributed by atoms with Crippen molar-refractivity contribution in [2.75, 3.05) is 10.6 Å². The maximum absolute atomic E-state index is 13.5. The van der Waals surface area contributed by atoms with Crippen molar-refractivity contribution in [3.8, 4) is 0 Å². The van der Waals surface area contributed by atoms with E-state index in [2.05, 4.69) is 22.1 Å². The van der Waals surface area contributed by atoms with Gasteiger partial charge in [-0.05, 0) is 47.7 Å². The molecule has 0 saturated heterocycles. The number of hydrogen-bond acceptors (Lipinski definition) is 4. The Balaban J connectivity index is 1.62. The second kappa shape index (κ2) is 6.91. The van der Waals surface area contributed by atoms with Gasteiger partial charge in [-0.3, -0.25) is 4.79 Å². The van der Waals surface area contributed by atoms with Crippen LogP contribution < -0.4 is 10.6 Å². The van der Waals surface area contributed by atoms with Crippen LogP contribution in [0.2, 0.25) is 0 Å². The summed E-state index contributed by atoms with van der Waals surface area (Å²) in [6.45, 7) is 0. The molecule has 140 valence electrons. The summed E-state index contributed by atoms with van der Waals surface area (Å²) in [5, 5.41) is 9.09. The van der Waals surface area contributed by atoms with Gasteiger partial charge in [0.25, 0.3) is 0 Å². The van der Waals surface area contributed by atoms with E-state index in [-0.39, 0.29) is 23.6 Å². The number of fused-ring (bicyclic) bond motifs is 1. The van der Waals surface area contributed by atoms with Crippen LogP contribution >= 0.6 is 11.3 Å². The number of carbonyl (C=O) groups is 1. The molecule has 0 saturated carbocycles. The minimum absolute atomic E-state index is 0.141. The SMILES string of the molecule is O=C1C[C@H](c2cccs2)CC2=C1[C@@H](c1ccc(F)cc1)Nc1ccccc1N2. The van der Waals surface area contributed by atoms with Crippen molar-refractivity contribution in [1.82, 2.24) is 0 Å². The number of halogens is 1. The van der Waals surface area contributed by atoms with E-state index in [1.54, 1.807) is 23.5 Å². The number of para-hydroxylation sites is 2. The number of rotatable bonds is 2. The highest BCUT2D eigenvalue weighted by Gasteiger charge is 2.36. The van der Waals surface area contributed by atoms with Gasteiger partial charge in [0.15, 0.2) is 5.78 Å². The van der Waals surface area contributed by atoms with Crippen LogP contribution in [0.15, 0.2) is 77.3 Å². The van der Waals surface area contributed by atoms with E-state index in [0.717, 1.165) is 34.6 Å². The van der Waals surface area contributed by atoms with Crippen molar-refractivity contribution < 1.29 is 9.18 Å². The van der Waals surface area contributed by atoms with Gasteiger partial charge in [0.05, 0.1) is 17.4 Å². The molecule has 1 aliphatic carbocycles. The molecule has 2 N–H and O–H groups in total. The summed E-state index contributed by atoms with van der Waals surface area (Å²) in [5.74, 6) is 0.0532. The zero-order valence-corrected chi connectivity index (χ0v) is 15.9. The van der Waals surface area contributed by atoms with Crippen LogP contribution in [-0.2, 0) is 4.79 Å². The molecule has 5 heteroatoms. The third-order valence-electron chi connectivity index (χ3n) is 5.46. The van der Waals surface area contributed by atoms with Gasteiger partial charge < -0.3 is 10.6 Å². The van der Waals surface area contributed by atoms with Crippen LogP contribution in [-0.4, -0.2) is 5.78 Å². The highest BCUT2D eigenvalue weighted by molar-refractivity contribution is 7.10. The molecule has 2 heterocycles. The number of benzene rings is 2. The maximum atomic E-state index is 13.5. The molecular weight excluding hydrogens is 371 g/mol. The predicted octanol–water partition coefficient (Wildman–Crippen LogP) is 5.87. The summed E-state index contributed by atoms with van der Waals surface area (Å²) < 4.78 is 13.5. The molecule has 3 nitrogen and oxygen atoms in total. The first-order valence-electron chi connectivity index (χ1n) is 9.37. The first-order chi connectivity index (χ1) is 13.7. The Kier molecular flexibility index (Phi) is 4.24. The Morgan fingerprint density at radius 2 is 1.71 bits per heavy atom. The lowest BCUT2D eigenvalue weighted by Gasteiger charge is -2.29. The van der Waals surface area contributed by atoms with Crippen molar-refractivity contribution >= 4 is 28.5 Å². The molecular formula is C23H19FN2OS. The topological polar surface area (TPSA) is 41.1 Å². The van der Waals surface area contributed by atoms with Crippen LogP contribution in [0.3, 0.4) is 0 Å². The van der Waals surface area contributed by atoms with Gasteiger partial charge in [0, 0.05) is 28.5 Å². The average Bonchev–Trinajstić information content (AvgIpc) is 3.18. The number of thiophene rings is 1. The molecule has 2 atom stereocenters. The van der Waals surface area contributed by atoms with E-state index < -0.39 is 0 Å². The number of anilines is 2. The molecule has 0 spiro atoms. The Bertz CT molecular complexity index is 1060. The van der Waals surface area contributed by atoms with Gasteiger partial charge in [0.2, 0.25) is 0 Å². The summed E-state index contributed by atoms with van der Waals surface area (Å²) in [4.78, 5) is 14.5. The van der Waals surface area contributed by atoms with E-state index in [0.29, 0.717) is 6.42 Å². The van der Waals surface area contributed by atoms with Crippen LogP contribution in [0.25, 0.3) is 0 Å². The third kappa shape index (κ3) is 3.02. The second-order valence-corrected chi connectivity index (χ2v) is 8.21. The molecule has 0 amide bonds. The normalized spacial score (nSPS) is 21.2. The highest BCUT2D eigenvalue weighted by atomic mass is 32.1. The quantitative estimate of drug-likeness (QED) is 0.575. The smallest absolute Gasteiger partial charge is 0.163 e. The summed E-state index contributed by atoms with van der Waals surface area (Å²) in [6.07, 6.45) is 1.28. The minimum atomic E-state index is -0.302. The number of ketones is 1. The molecule has 28 heavy (non-hydrogen) atoms. The number of Topliss-reactive ketones (excluding diaryl/α,β-unsaturated/α-hetero) is 1. The molecule has 3 aromatic rings. The fraction of sp³-hybridized carbons (Fsp3) is 0.174. The van der Waals surface area contributed by atoms with E-state index in [1.165, 1.54) is 17.0 Å². The van der Waals surface area contributed by atoms with Gasteiger partial charge in [-0.1, -0.05) is 30.3 Å². The Hall–Kier alpha value is -2.92. The zero-order chi connectivity index (χ0) is 19.1. The first-order valence-corrected chi connectivity index (χ1v) is 10.2. The second-order valence-electron chi connectivity index (χ2n) is 7.24.